The van der Waals surface area contributed by atoms with Crippen LogP contribution in [0.1, 0.15) is 32.5 Å². The Kier molecular flexibility index (Phi) is 8.04. The van der Waals surface area contributed by atoms with Gasteiger partial charge in [-0.2, -0.15) is 5.10 Å². The Labute approximate surface area is 188 Å². The third kappa shape index (κ3) is 6.47. The summed E-state index contributed by atoms with van der Waals surface area (Å²) >= 11 is 1.29. The van der Waals surface area contributed by atoms with Crippen LogP contribution in [0.25, 0.3) is 0 Å². The summed E-state index contributed by atoms with van der Waals surface area (Å²) in [7, 11) is 0. The van der Waals surface area contributed by atoms with E-state index in [1.165, 1.54) is 29.9 Å². The summed E-state index contributed by atoms with van der Waals surface area (Å²) in [5.41, 5.74) is 3.35. The smallest absolute Gasteiger partial charge is 0.353 e. The molecule has 0 atom stereocenters. The average Bonchev–Trinajstić information content (AvgIpc) is 3.35. The van der Waals surface area contributed by atoms with E-state index in [4.69, 9.17) is 9.47 Å². The molecule has 10 heteroatoms. The van der Waals surface area contributed by atoms with Crippen molar-refractivity contribution in [2.75, 3.05) is 13.2 Å². The highest BCUT2D eigenvalue weighted by atomic mass is 32.1. The van der Waals surface area contributed by atoms with Crippen molar-refractivity contribution in [2.45, 2.75) is 6.92 Å². The molecule has 0 radical (unpaired) electrons. The van der Waals surface area contributed by atoms with Crippen molar-refractivity contribution in [3.8, 4) is 11.5 Å². The van der Waals surface area contributed by atoms with Gasteiger partial charge in [0.25, 0.3) is 11.8 Å². The first kappa shape index (κ1) is 22.6. The Morgan fingerprint density at radius 2 is 1.94 bits per heavy atom. The van der Waals surface area contributed by atoms with Crippen LogP contribution < -0.4 is 20.2 Å². The second-order valence-electron chi connectivity index (χ2n) is 6.22. The number of esters is 1. The number of ether oxygens (including phenoxy) is 2. The molecule has 0 unspecified atom stereocenters. The molecule has 2 N–H and O–H groups in total. The van der Waals surface area contributed by atoms with Gasteiger partial charge in [0, 0.05) is 18.0 Å². The summed E-state index contributed by atoms with van der Waals surface area (Å²) in [5.74, 6) is -0.693. The molecule has 0 bridgehead atoms. The number of carbonyl (C=O) groups excluding carboxylic acids is 3. The molecule has 0 saturated carbocycles. The number of nitrogens with one attached hydrogen (secondary N) is 2. The lowest BCUT2D eigenvalue weighted by atomic mass is 10.2. The Morgan fingerprint density at radius 3 is 2.66 bits per heavy atom. The molecule has 2 heterocycles. The van der Waals surface area contributed by atoms with E-state index >= 15 is 0 Å². The summed E-state index contributed by atoms with van der Waals surface area (Å²) in [6, 6.07) is 11.4. The summed E-state index contributed by atoms with van der Waals surface area (Å²) in [4.78, 5) is 40.3. The van der Waals surface area contributed by atoms with Crippen molar-refractivity contribution in [1.29, 1.82) is 0 Å². The van der Waals surface area contributed by atoms with Gasteiger partial charge in [-0.3, -0.25) is 14.6 Å². The van der Waals surface area contributed by atoms with E-state index in [-0.39, 0.29) is 18.2 Å². The summed E-state index contributed by atoms with van der Waals surface area (Å²) in [5, 5.41) is 8.16. The summed E-state index contributed by atoms with van der Waals surface area (Å²) in [6.45, 7) is 1.95. The second-order valence-corrected chi connectivity index (χ2v) is 7.17. The molecule has 1 aromatic carbocycles. The van der Waals surface area contributed by atoms with Gasteiger partial charge in [-0.05, 0) is 54.3 Å². The molecule has 0 aliphatic carbocycles. The van der Waals surface area contributed by atoms with Gasteiger partial charge in [0.05, 0.1) is 19.4 Å². The Morgan fingerprint density at radius 1 is 1.12 bits per heavy atom. The molecule has 2 aromatic heterocycles. The van der Waals surface area contributed by atoms with Crippen LogP contribution in [0.4, 0.5) is 0 Å². The van der Waals surface area contributed by atoms with E-state index in [2.05, 4.69) is 20.8 Å². The molecule has 0 spiro atoms. The zero-order valence-corrected chi connectivity index (χ0v) is 17.9. The number of thiophene rings is 1. The number of nitrogens with zero attached hydrogens (tertiary/aromatic N) is 2. The highest BCUT2D eigenvalue weighted by Crippen LogP contribution is 2.29. The fraction of sp³-hybridized carbons (Fsp3) is 0.136. The first-order valence-electron chi connectivity index (χ1n) is 9.59. The van der Waals surface area contributed by atoms with Crippen LogP contribution in [0.2, 0.25) is 0 Å². The fourth-order valence-corrected chi connectivity index (χ4v) is 3.09. The van der Waals surface area contributed by atoms with Gasteiger partial charge in [-0.1, -0.05) is 6.07 Å². The van der Waals surface area contributed by atoms with E-state index in [9.17, 15) is 14.4 Å². The number of benzene rings is 1. The van der Waals surface area contributed by atoms with Crippen LogP contribution in [-0.4, -0.2) is 42.1 Å². The summed E-state index contributed by atoms with van der Waals surface area (Å²) < 4.78 is 11.0. The minimum Gasteiger partial charge on any atom is -0.490 e. The third-order valence-electron chi connectivity index (χ3n) is 3.95. The Bertz CT molecular complexity index is 1100. The number of hydrogen-bond donors (Lipinski definition) is 2. The van der Waals surface area contributed by atoms with Gasteiger partial charge in [0.2, 0.25) is 0 Å². The van der Waals surface area contributed by atoms with Crippen LogP contribution in [0.5, 0.6) is 11.5 Å². The van der Waals surface area contributed by atoms with Gasteiger partial charge < -0.3 is 14.8 Å². The van der Waals surface area contributed by atoms with E-state index in [1.54, 1.807) is 47.8 Å². The average molecular weight is 452 g/mol. The van der Waals surface area contributed by atoms with Crippen molar-refractivity contribution in [3.05, 3.63) is 76.2 Å². The summed E-state index contributed by atoms with van der Waals surface area (Å²) in [6.07, 6.45) is 4.39. The third-order valence-corrected chi connectivity index (χ3v) is 4.80. The molecular weight excluding hydrogens is 432 g/mol. The maximum absolute atomic E-state index is 12.2. The second kappa shape index (κ2) is 11.4. The number of hydrogen-bond acceptors (Lipinski definition) is 8. The number of carbonyl (C=O) groups is 3. The molecule has 0 saturated heterocycles. The standard InChI is InChI=1S/C22H20N4O5S/c1-2-30-18-12-15(5-6-17(18)31-22(29)19-4-3-11-32-19)13-25-26-20(27)14-24-21(28)16-7-9-23-10-8-16/h3-13H,2,14H2,1H3,(H,24,28)(H,26,27)/b25-13-. The van der Waals surface area contributed by atoms with Crippen LogP contribution in [0.3, 0.4) is 0 Å². The molecule has 3 aromatic rings. The molecule has 2 amide bonds. The predicted octanol–water partition coefficient (Wildman–Crippen LogP) is 2.64. The predicted molar refractivity (Wildman–Crippen MR) is 119 cm³/mol. The Hall–Kier alpha value is -4.05. The molecule has 3 rings (SSSR count). The minimum absolute atomic E-state index is 0.236. The highest BCUT2D eigenvalue weighted by Gasteiger charge is 2.14. The zero-order valence-electron chi connectivity index (χ0n) is 17.1. The van der Waals surface area contributed by atoms with E-state index in [0.717, 1.165) is 0 Å². The molecule has 0 aliphatic rings. The molecule has 0 aliphatic heterocycles. The van der Waals surface area contributed by atoms with Gasteiger partial charge in [-0.25, -0.2) is 10.2 Å². The number of rotatable bonds is 9. The van der Waals surface area contributed by atoms with E-state index in [1.807, 2.05) is 6.92 Å². The zero-order chi connectivity index (χ0) is 22.8. The number of aromatic nitrogens is 1. The molecule has 164 valence electrons. The van der Waals surface area contributed by atoms with Crippen molar-refractivity contribution in [2.24, 2.45) is 5.10 Å². The van der Waals surface area contributed by atoms with Gasteiger partial charge in [0.1, 0.15) is 4.88 Å². The van der Waals surface area contributed by atoms with Crippen LogP contribution in [-0.2, 0) is 4.79 Å². The maximum atomic E-state index is 12.2. The topological polar surface area (TPSA) is 119 Å². The Balaban J connectivity index is 1.55. The molecule has 0 fully saturated rings. The molecule has 32 heavy (non-hydrogen) atoms. The lowest BCUT2D eigenvalue weighted by molar-refractivity contribution is -0.120. The van der Waals surface area contributed by atoms with E-state index in [0.29, 0.717) is 28.4 Å². The molecule has 9 nitrogen and oxygen atoms in total. The normalized spacial score (nSPS) is 10.5. The van der Waals surface area contributed by atoms with Gasteiger partial charge in [-0.15, -0.1) is 11.3 Å². The number of hydrazone groups is 1. The monoisotopic (exact) mass is 452 g/mol. The van der Waals surface area contributed by atoms with Crippen molar-refractivity contribution in [3.63, 3.8) is 0 Å². The quantitative estimate of drug-likeness (QED) is 0.223. The number of amides is 2. The van der Waals surface area contributed by atoms with Crippen LogP contribution >= 0.6 is 11.3 Å². The van der Waals surface area contributed by atoms with Crippen LogP contribution in [0.15, 0.2) is 65.3 Å². The van der Waals surface area contributed by atoms with Gasteiger partial charge in [0.15, 0.2) is 11.5 Å². The lowest BCUT2D eigenvalue weighted by Gasteiger charge is -2.10. The lowest BCUT2D eigenvalue weighted by Crippen LogP contribution is -2.34. The largest absolute Gasteiger partial charge is 0.490 e. The van der Waals surface area contributed by atoms with Gasteiger partial charge >= 0.3 is 5.97 Å². The van der Waals surface area contributed by atoms with Crippen molar-refractivity contribution < 1.29 is 23.9 Å². The van der Waals surface area contributed by atoms with Crippen molar-refractivity contribution in [1.82, 2.24) is 15.7 Å². The highest BCUT2D eigenvalue weighted by molar-refractivity contribution is 7.12. The SMILES string of the molecule is CCOc1cc(/C=N\NC(=O)CNC(=O)c2ccncc2)ccc1OC(=O)c1cccs1. The molecular formula is C22H20N4O5S. The minimum atomic E-state index is -0.491. The van der Waals surface area contributed by atoms with Crippen molar-refractivity contribution >= 4 is 35.3 Å². The first-order chi connectivity index (χ1) is 15.6. The number of pyridine rings is 1. The van der Waals surface area contributed by atoms with Crippen LogP contribution in [0, 0.1) is 0 Å². The fourth-order valence-electron chi connectivity index (χ4n) is 2.49. The first-order valence-corrected chi connectivity index (χ1v) is 10.5. The maximum Gasteiger partial charge on any atom is 0.353 e. The van der Waals surface area contributed by atoms with E-state index < -0.39 is 11.9 Å².